The molecule has 0 saturated carbocycles. The molecule has 1 saturated heterocycles. The molecule has 1 aliphatic rings. The third-order valence-electron chi connectivity index (χ3n) is 4.44. The molecule has 0 radical (unpaired) electrons. The molecule has 1 aliphatic heterocycles. The molecule has 0 atom stereocenters. The van der Waals surface area contributed by atoms with E-state index >= 15 is 0 Å². The van der Waals surface area contributed by atoms with Crippen LogP contribution in [0.1, 0.15) is 34.3 Å². The van der Waals surface area contributed by atoms with Gasteiger partial charge in [-0.1, -0.05) is 17.7 Å². The maximum Gasteiger partial charge on any atom is 0.255 e. The number of rotatable bonds is 3. The van der Waals surface area contributed by atoms with Crippen LogP contribution >= 0.6 is 11.6 Å². The molecule has 2 aromatic carbocycles. The van der Waals surface area contributed by atoms with Gasteiger partial charge in [0.1, 0.15) is 0 Å². The number of benzene rings is 2. The molecule has 3 rings (SSSR count). The third-order valence-corrected chi connectivity index (χ3v) is 6.60. The quantitative estimate of drug-likeness (QED) is 0.853. The first-order valence-electron chi connectivity index (χ1n) is 8.46. The molecule has 0 aliphatic carbocycles. The number of amides is 1. The molecule has 0 bridgehead atoms. The molecular weight excluding hydrogens is 372 g/mol. The van der Waals surface area contributed by atoms with Crippen molar-refractivity contribution < 1.29 is 13.2 Å². The first-order chi connectivity index (χ1) is 12.3. The van der Waals surface area contributed by atoms with E-state index in [1.807, 2.05) is 19.9 Å². The molecule has 1 N–H and O–H groups in total. The van der Waals surface area contributed by atoms with Gasteiger partial charge in [-0.3, -0.25) is 9.10 Å². The molecule has 138 valence electrons. The Kier molecular flexibility index (Phi) is 5.25. The van der Waals surface area contributed by atoms with Gasteiger partial charge >= 0.3 is 0 Å². The van der Waals surface area contributed by atoms with Crippen molar-refractivity contribution in [1.29, 1.82) is 0 Å². The monoisotopic (exact) mass is 392 g/mol. The zero-order valence-corrected chi connectivity index (χ0v) is 16.3. The van der Waals surface area contributed by atoms with Crippen molar-refractivity contribution >= 4 is 38.9 Å². The summed E-state index contributed by atoms with van der Waals surface area (Å²) in [5.41, 5.74) is 3.53. The van der Waals surface area contributed by atoms with Gasteiger partial charge in [0.15, 0.2) is 0 Å². The fourth-order valence-corrected chi connectivity index (χ4v) is 5.13. The van der Waals surface area contributed by atoms with Crippen LogP contribution in [0.25, 0.3) is 0 Å². The second kappa shape index (κ2) is 7.29. The Bertz CT molecular complexity index is 917. The summed E-state index contributed by atoms with van der Waals surface area (Å²) in [6.45, 7) is 4.31. The zero-order valence-electron chi connectivity index (χ0n) is 14.8. The summed E-state index contributed by atoms with van der Waals surface area (Å²) < 4.78 is 25.8. The first kappa shape index (κ1) is 18.7. The van der Waals surface area contributed by atoms with E-state index in [1.54, 1.807) is 30.3 Å². The zero-order chi connectivity index (χ0) is 18.9. The topological polar surface area (TPSA) is 66.5 Å². The van der Waals surface area contributed by atoms with Crippen molar-refractivity contribution in [1.82, 2.24) is 0 Å². The number of sulfonamides is 1. The molecule has 7 heteroatoms. The highest BCUT2D eigenvalue weighted by Crippen LogP contribution is 2.28. The highest BCUT2D eigenvalue weighted by Gasteiger charge is 2.26. The molecule has 1 fully saturated rings. The number of hydrogen-bond donors (Lipinski definition) is 1. The fourth-order valence-electron chi connectivity index (χ4n) is 3.12. The standard InChI is InChI=1S/C19H21ClN2O3S/c1-13-11-14(2)18(17(20)12-13)21-19(23)15-5-7-16(8-6-15)22-9-3-4-10-26(22,24)25/h5-8,11-12H,3-4,9-10H2,1-2H3,(H,21,23). The van der Waals surface area contributed by atoms with Gasteiger partial charge in [0.2, 0.25) is 10.0 Å². The Hall–Kier alpha value is -2.05. The molecule has 2 aromatic rings. The number of halogens is 1. The SMILES string of the molecule is Cc1cc(C)c(NC(=O)c2ccc(N3CCCCS3(=O)=O)cc2)c(Cl)c1. The van der Waals surface area contributed by atoms with Crippen LogP contribution in [-0.4, -0.2) is 26.6 Å². The van der Waals surface area contributed by atoms with Gasteiger partial charge in [0, 0.05) is 12.1 Å². The number of nitrogens with one attached hydrogen (secondary N) is 1. The van der Waals surface area contributed by atoms with E-state index in [9.17, 15) is 13.2 Å². The Morgan fingerprint density at radius 3 is 2.42 bits per heavy atom. The van der Waals surface area contributed by atoms with E-state index < -0.39 is 10.0 Å². The van der Waals surface area contributed by atoms with Gasteiger partial charge in [0.25, 0.3) is 5.91 Å². The number of carbonyl (C=O) groups excluding carboxylic acids is 1. The van der Waals surface area contributed by atoms with Crippen molar-refractivity contribution in [3.8, 4) is 0 Å². The Morgan fingerprint density at radius 2 is 1.81 bits per heavy atom. The van der Waals surface area contributed by atoms with Crippen LogP contribution in [0.15, 0.2) is 36.4 Å². The van der Waals surface area contributed by atoms with Crippen molar-refractivity contribution in [3.63, 3.8) is 0 Å². The van der Waals surface area contributed by atoms with Crippen LogP contribution in [-0.2, 0) is 10.0 Å². The summed E-state index contributed by atoms with van der Waals surface area (Å²) in [4.78, 5) is 12.5. The second-order valence-electron chi connectivity index (χ2n) is 6.53. The number of nitrogens with zero attached hydrogens (tertiary/aromatic N) is 1. The molecule has 0 aromatic heterocycles. The number of anilines is 2. The predicted molar refractivity (Wildman–Crippen MR) is 106 cm³/mol. The Balaban J connectivity index is 1.80. The Labute approximate surface area is 159 Å². The molecule has 1 heterocycles. The summed E-state index contributed by atoms with van der Waals surface area (Å²) in [6.07, 6.45) is 1.53. The lowest BCUT2D eigenvalue weighted by Gasteiger charge is -2.28. The predicted octanol–water partition coefficient (Wildman–Crippen LogP) is 4.14. The number of aryl methyl sites for hydroxylation is 2. The first-order valence-corrected chi connectivity index (χ1v) is 10.5. The summed E-state index contributed by atoms with van der Waals surface area (Å²) in [6, 6.07) is 10.3. The van der Waals surface area contributed by atoms with E-state index in [0.717, 1.165) is 17.5 Å². The minimum absolute atomic E-state index is 0.167. The molecule has 1 amide bonds. The molecular formula is C19H21ClN2O3S. The Morgan fingerprint density at radius 1 is 1.12 bits per heavy atom. The van der Waals surface area contributed by atoms with Crippen LogP contribution in [0.5, 0.6) is 0 Å². The van der Waals surface area contributed by atoms with E-state index in [-0.39, 0.29) is 11.7 Å². The van der Waals surface area contributed by atoms with Crippen LogP contribution < -0.4 is 9.62 Å². The van der Waals surface area contributed by atoms with Crippen LogP contribution in [0.4, 0.5) is 11.4 Å². The largest absolute Gasteiger partial charge is 0.320 e. The highest BCUT2D eigenvalue weighted by atomic mass is 35.5. The van der Waals surface area contributed by atoms with Gasteiger partial charge in [0.05, 0.1) is 22.2 Å². The molecule has 26 heavy (non-hydrogen) atoms. The minimum atomic E-state index is -3.26. The van der Waals surface area contributed by atoms with Gasteiger partial charge in [-0.15, -0.1) is 0 Å². The van der Waals surface area contributed by atoms with E-state index in [1.165, 1.54) is 4.31 Å². The van der Waals surface area contributed by atoms with E-state index in [4.69, 9.17) is 11.6 Å². The van der Waals surface area contributed by atoms with Crippen LogP contribution in [0, 0.1) is 13.8 Å². The normalized spacial score (nSPS) is 16.3. The van der Waals surface area contributed by atoms with Crippen molar-refractivity contribution in [2.75, 3.05) is 21.9 Å². The summed E-state index contributed by atoms with van der Waals surface area (Å²) >= 11 is 6.24. The van der Waals surface area contributed by atoms with E-state index in [2.05, 4.69) is 5.32 Å². The van der Waals surface area contributed by atoms with Gasteiger partial charge in [-0.05, 0) is 68.1 Å². The lowest BCUT2D eigenvalue weighted by Crippen LogP contribution is -2.37. The van der Waals surface area contributed by atoms with Gasteiger partial charge < -0.3 is 5.32 Å². The van der Waals surface area contributed by atoms with E-state index in [0.29, 0.717) is 34.9 Å². The van der Waals surface area contributed by atoms with Crippen LogP contribution in [0.2, 0.25) is 5.02 Å². The lowest BCUT2D eigenvalue weighted by atomic mass is 10.1. The maximum absolute atomic E-state index is 12.5. The maximum atomic E-state index is 12.5. The lowest BCUT2D eigenvalue weighted by molar-refractivity contribution is 0.102. The summed E-state index contributed by atoms with van der Waals surface area (Å²) in [5, 5.41) is 3.33. The fraction of sp³-hybridized carbons (Fsp3) is 0.316. The van der Waals surface area contributed by atoms with Crippen molar-refractivity contribution in [2.45, 2.75) is 26.7 Å². The minimum Gasteiger partial charge on any atom is -0.320 e. The summed E-state index contributed by atoms with van der Waals surface area (Å²) in [7, 11) is -3.26. The van der Waals surface area contributed by atoms with Gasteiger partial charge in [-0.2, -0.15) is 0 Å². The number of hydrogen-bond acceptors (Lipinski definition) is 3. The molecule has 0 unspecified atom stereocenters. The van der Waals surface area contributed by atoms with Crippen LogP contribution in [0.3, 0.4) is 0 Å². The van der Waals surface area contributed by atoms with Crippen molar-refractivity contribution in [3.05, 3.63) is 58.1 Å². The molecule has 5 nitrogen and oxygen atoms in total. The van der Waals surface area contributed by atoms with Gasteiger partial charge in [-0.25, -0.2) is 8.42 Å². The average Bonchev–Trinajstić information content (AvgIpc) is 2.58. The average molecular weight is 393 g/mol. The third kappa shape index (κ3) is 3.86. The second-order valence-corrected chi connectivity index (χ2v) is 8.95. The smallest absolute Gasteiger partial charge is 0.255 e. The van der Waals surface area contributed by atoms with Crippen molar-refractivity contribution in [2.24, 2.45) is 0 Å². The molecule has 0 spiro atoms. The highest BCUT2D eigenvalue weighted by molar-refractivity contribution is 7.92. The number of carbonyl (C=O) groups is 1. The summed E-state index contributed by atoms with van der Waals surface area (Å²) in [5.74, 6) is -0.118.